The van der Waals surface area contributed by atoms with Crippen molar-refractivity contribution in [3.8, 4) is 0 Å². The molecule has 23 heavy (non-hydrogen) atoms. The Bertz CT molecular complexity index is 770. The normalized spacial score (nSPS) is 15.3. The lowest BCUT2D eigenvalue weighted by molar-refractivity contribution is -0.117. The van der Waals surface area contributed by atoms with E-state index in [1.807, 2.05) is 0 Å². The number of aromatic nitrogens is 2. The molecule has 0 aliphatic carbocycles. The van der Waals surface area contributed by atoms with Gasteiger partial charge in [0.2, 0.25) is 15.9 Å². The van der Waals surface area contributed by atoms with Crippen molar-refractivity contribution in [2.24, 2.45) is 0 Å². The summed E-state index contributed by atoms with van der Waals surface area (Å²) in [5, 5.41) is 0. The van der Waals surface area contributed by atoms with E-state index in [1.54, 1.807) is 40.3 Å². The third-order valence-corrected chi connectivity index (χ3v) is 5.23. The molecule has 7 nitrogen and oxygen atoms in total. The Kier molecular flexibility index (Phi) is 4.44. The maximum absolute atomic E-state index is 12.2. The van der Waals surface area contributed by atoms with Crippen molar-refractivity contribution in [2.75, 3.05) is 18.0 Å². The second-order valence-corrected chi connectivity index (χ2v) is 7.11. The van der Waals surface area contributed by atoms with Gasteiger partial charge < -0.3 is 9.47 Å². The zero-order valence-corrected chi connectivity index (χ0v) is 13.4. The third kappa shape index (κ3) is 3.59. The second-order valence-electron chi connectivity index (χ2n) is 5.34. The fraction of sp³-hybridized carbons (Fsp3) is 0.333. The van der Waals surface area contributed by atoms with Gasteiger partial charge in [-0.15, -0.1) is 0 Å². The van der Waals surface area contributed by atoms with Gasteiger partial charge in [0, 0.05) is 44.1 Å². The maximum Gasteiger partial charge on any atom is 0.240 e. The van der Waals surface area contributed by atoms with Crippen molar-refractivity contribution in [3.63, 3.8) is 0 Å². The van der Waals surface area contributed by atoms with Crippen LogP contribution in [0, 0.1) is 0 Å². The standard InChI is InChI=1S/C15H18N4O3S/c20-15-2-1-9-19(15)13-3-5-14(6-4-13)23(21,22)17-8-11-18-10-7-16-12-18/h3-7,10,12,17H,1-2,8-9,11H2. The lowest BCUT2D eigenvalue weighted by atomic mass is 10.3. The van der Waals surface area contributed by atoms with E-state index in [-0.39, 0.29) is 17.3 Å². The van der Waals surface area contributed by atoms with E-state index >= 15 is 0 Å². The van der Waals surface area contributed by atoms with Gasteiger partial charge in [0.25, 0.3) is 0 Å². The number of nitrogens with one attached hydrogen (secondary N) is 1. The molecule has 0 unspecified atom stereocenters. The molecular weight excluding hydrogens is 316 g/mol. The highest BCUT2D eigenvalue weighted by atomic mass is 32.2. The van der Waals surface area contributed by atoms with Gasteiger partial charge in [-0.2, -0.15) is 0 Å². The van der Waals surface area contributed by atoms with Gasteiger partial charge in [-0.1, -0.05) is 0 Å². The van der Waals surface area contributed by atoms with Crippen molar-refractivity contribution in [3.05, 3.63) is 43.0 Å². The molecule has 1 saturated heterocycles. The number of rotatable bonds is 6. The number of hydrogen-bond donors (Lipinski definition) is 1. The quantitative estimate of drug-likeness (QED) is 0.854. The summed E-state index contributed by atoms with van der Waals surface area (Å²) in [6.07, 6.45) is 6.45. The zero-order chi connectivity index (χ0) is 16.3. The van der Waals surface area contributed by atoms with E-state index in [1.165, 1.54) is 12.1 Å². The highest BCUT2D eigenvalue weighted by molar-refractivity contribution is 7.89. The number of hydrogen-bond acceptors (Lipinski definition) is 4. The summed E-state index contributed by atoms with van der Waals surface area (Å²) in [5.74, 6) is 0.0825. The van der Waals surface area contributed by atoms with Gasteiger partial charge in [0.1, 0.15) is 0 Å². The lowest BCUT2D eigenvalue weighted by Gasteiger charge is -2.16. The highest BCUT2D eigenvalue weighted by Crippen LogP contribution is 2.22. The number of nitrogens with zero attached hydrogens (tertiary/aromatic N) is 3. The van der Waals surface area contributed by atoms with Crippen LogP contribution in [0.5, 0.6) is 0 Å². The fourth-order valence-corrected chi connectivity index (χ4v) is 3.56. The zero-order valence-electron chi connectivity index (χ0n) is 12.6. The van der Waals surface area contributed by atoms with Gasteiger partial charge >= 0.3 is 0 Å². The minimum absolute atomic E-state index is 0.0825. The topological polar surface area (TPSA) is 84.3 Å². The molecular formula is C15H18N4O3S. The Morgan fingerprint density at radius 3 is 2.61 bits per heavy atom. The second kappa shape index (κ2) is 6.51. The monoisotopic (exact) mass is 334 g/mol. The molecule has 1 aromatic heterocycles. The minimum Gasteiger partial charge on any atom is -0.336 e. The van der Waals surface area contributed by atoms with Crippen molar-refractivity contribution in [1.29, 1.82) is 0 Å². The first-order valence-electron chi connectivity index (χ1n) is 7.42. The van der Waals surface area contributed by atoms with Crippen molar-refractivity contribution >= 4 is 21.6 Å². The van der Waals surface area contributed by atoms with E-state index in [2.05, 4.69) is 9.71 Å². The summed E-state index contributed by atoms with van der Waals surface area (Å²) < 4.78 is 28.8. The maximum atomic E-state index is 12.2. The average Bonchev–Trinajstić information content (AvgIpc) is 3.19. The van der Waals surface area contributed by atoms with Crippen LogP contribution in [-0.2, 0) is 21.4 Å². The summed E-state index contributed by atoms with van der Waals surface area (Å²) in [5.41, 5.74) is 0.741. The fourth-order valence-electron chi connectivity index (χ4n) is 2.54. The summed E-state index contributed by atoms with van der Waals surface area (Å²) in [7, 11) is -3.55. The lowest BCUT2D eigenvalue weighted by Crippen LogP contribution is -2.27. The van der Waals surface area contributed by atoms with E-state index < -0.39 is 10.0 Å². The molecule has 1 amide bonds. The van der Waals surface area contributed by atoms with Gasteiger partial charge in [-0.3, -0.25) is 4.79 Å². The van der Waals surface area contributed by atoms with Crippen LogP contribution in [0.15, 0.2) is 47.9 Å². The molecule has 0 bridgehead atoms. The number of benzene rings is 1. The van der Waals surface area contributed by atoms with E-state index in [0.29, 0.717) is 19.5 Å². The van der Waals surface area contributed by atoms with E-state index in [9.17, 15) is 13.2 Å². The molecule has 3 rings (SSSR count). The Morgan fingerprint density at radius 2 is 2.00 bits per heavy atom. The molecule has 1 aliphatic heterocycles. The summed E-state index contributed by atoms with van der Waals surface area (Å²) >= 11 is 0. The average molecular weight is 334 g/mol. The molecule has 0 spiro atoms. The van der Waals surface area contributed by atoms with Gasteiger partial charge in [0.15, 0.2) is 0 Å². The van der Waals surface area contributed by atoms with Gasteiger partial charge in [-0.25, -0.2) is 18.1 Å². The minimum atomic E-state index is -3.55. The molecule has 1 aliphatic rings. The summed E-state index contributed by atoms with van der Waals surface area (Å²) in [6, 6.07) is 6.41. The molecule has 1 aromatic carbocycles. The van der Waals surface area contributed by atoms with Crippen LogP contribution in [0.4, 0.5) is 5.69 Å². The SMILES string of the molecule is O=C1CCCN1c1ccc(S(=O)(=O)NCCn2ccnc2)cc1. The van der Waals surface area contributed by atoms with Crippen molar-refractivity contribution < 1.29 is 13.2 Å². The summed E-state index contributed by atoms with van der Waals surface area (Å²) in [4.78, 5) is 17.5. The Hall–Kier alpha value is -2.19. The molecule has 2 aromatic rings. The molecule has 1 fully saturated rings. The van der Waals surface area contributed by atoms with Crippen molar-refractivity contribution in [2.45, 2.75) is 24.3 Å². The molecule has 0 atom stereocenters. The first-order chi connectivity index (χ1) is 11.1. The summed E-state index contributed by atoms with van der Waals surface area (Å²) in [6.45, 7) is 1.48. The Morgan fingerprint density at radius 1 is 1.22 bits per heavy atom. The van der Waals surface area contributed by atoms with E-state index in [0.717, 1.165) is 12.1 Å². The number of anilines is 1. The first-order valence-corrected chi connectivity index (χ1v) is 8.90. The molecule has 1 N–H and O–H groups in total. The van der Waals surface area contributed by atoms with Crippen LogP contribution in [0.2, 0.25) is 0 Å². The van der Waals surface area contributed by atoms with Crippen LogP contribution >= 0.6 is 0 Å². The number of carbonyl (C=O) groups excluding carboxylic acids is 1. The van der Waals surface area contributed by atoms with Crippen LogP contribution < -0.4 is 9.62 Å². The van der Waals surface area contributed by atoms with Gasteiger partial charge in [-0.05, 0) is 30.7 Å². The van der Waals surface area contributed by atoms with Crippen LogP contribution in [0.25, 0.3) is 0 Å². The molecule has 0 radical (unpaired) electrons. The predicted octanol–water partition coefficient (Wildman–Crippen LogP) is 0.988. The number of sulfonamides is 1. The van der Waals surface area contributed by atoms with E-state index in [4.69, 9.17) is 0 Å². The van der Waals surface area contributed by atoms with Crippen LogP contribution in [-0.4, -0.2) is 37.0 Å². The third-order valence-electron chi connectivity index (χ3n) is 3.75. The largest absolute Gasteiger partial charge is 0.336 e. The number of imidazole rings is 1. The number of amides is 1. The van der Waals surface area contributed by atoms with Crippen molar-refractivity contribution in [1.82, 2.24) is 14.3 Å². The van der Waals surface area contributed by atoms with Gasteiger partial charge in [0.05, 0.1) is 11.2 Å². The molecule has 0 saturated carbocycles. The van der Waals surface area contributed by atoms with Crippen LogP contribution in [0.1, 0.15) is 12.8 Å². The smallest absolute Gasteiger partial charge is 0.240 e. The highest BCUT2D eigenvalue weighted by Gasteiger charge is 2.22. The Balaban J connectivity index is 1.64. The molecule has 8 heteroatoms. The molecule has 2 heterocycles. The predicted molar refractivity (Wildman–Crippen MR) is 85.4 cm³/mol. The number of carbonyl (C=O) groups is 1. The Labute approximate surface area is 135 Å². The van der Waals surface area contributed by atoms with Crippen LogP contribution in [0.3, 0.4) is 0 Å². The molecule has 122 valence electrons. The first kappa shape index (κ1) is 15.7.